The number of fused-ring (bicyclic) bond motifs is 1. The van der Waals surface area contributed by atoms with Gasteiger partial charge in [-0.05, 0) is 30.0 Å². The fraction of sp³-hybridized carbons (Fsp3) is 0.0769. The van der Waals surface area contributed by atoms with Gasteiger partial charge in [0.25, 0.3) is 0 Å². The van der Waals surface area contributed by atoms with E-state index in [0.717, 1.165) is 26.4 Å². The number of aromatic nitrogens is 1. The molecule has 2 N–H and O–H groups in total. The zero-order chi connectivity index (χ0) is 12.7. The van der Waals surface area contributed by atoms with Gasteiger partial charge in [0.2, 0.25) is 5.00 Å². The highest BCUT2D eigenvalue weighted by molar-refractivity contribution is 7.23. The van der Waals surface area contributed by atoms with Crippen LogP contribution in [0.25, 0.3) is 25.6 Å². The lowest BCUT2D eigenvalue weighted by Gasteiger charge is -2.02. The Morgan fingerprint density at radius 3 is 2.94 bits per heavy atom. The lowest BCUT2D eigenvalue weighted by Crippen LogP contribution is -1.90. The van der Waals surface area contributed by atoms with E-state index in [1.807, 2.05) is 30.5 Å². The number of thiophene rings is 2. The van der Waals surface area contributed by atoms with Crippen LogP contribution in [0.5, 0.6) is 0 Å². The van der Waals surface area contributed by atoms with Crippen molar-refractivity contribution in [3.05, 3.63) is 40.6 Å². The molecule has 88 valence electrons. The molecule has 3 rings (SSSR count). The van der Waals surface area contributed by atoms with E-state index in [1.165, 1.54) is 11.3 Å². The second-order valence-electron chi connectivity index (χ2n) is 3.90. The van der Waals surface area contributed by atoms with Crippen LogP contribution in [-0.2, 0) is 0 Å². The SMILES string of the molecule is [C-]#[N+]c1sc2nc(-c3cccs3)cc(N)c2c1C. The molecule has 0 aliphatic carbocycles. The Balaban J connectivity index is 2.32. The van der Waals surface area contributed by atoms with Crippen molar-refractivity contribution in [2.45, 2.75) is 6.92 Å². The molecule has 0 spiro atoms. The summed E-state index contributed by atoms with van der Waals surface area (Å²) < 4.78 is 0. The van der Waals surface area contributed by atoms with Gasteiger partial charge in [0, 0.05) is 11.1 Å². The predicted octanol–water partition coefficient (Wildman–Crippen LogP) is 4.47. The molecule has 5 heteroatoms. The maximum atomic E-state index is 7.15. The molecule has 3 aromatic rings. The van der Waals surface area contributed by atoms with Crippen LogP contribution in [0.1, 0.15) is 5.56 Å². The standard InChI is InChI=1S/C13H9N3S2/c1-7-11-8(14)6-9(10-4-3-5-17-10)16-13(11)18-12(7)15-2/h3-6H,1H3,(H2,14,16). The molecule has 0 aliphatic rings. The van der Waals surface area contributed by atoms with Gasteiger partial charge >= 0.3 is 0 Å². The van der Waals surface area contributed by atoms with E-state index in [-0.39, 0.29) is 0 Å². The van der Waals surface area contributed by atoms with Crippen LogP contribution < -0.4 is 5.73 Å². The number of nitrogen functional groups attached to an aromatic ring is 1. The lowest BCUT2D eigenvalue weighted by molar-refractivity contribution is 1.44. The summed E-state index contributed by atoms with van der Waals surface area (Å²) in [7, 11) is 0. The maximum absolute atomic E-state index is 7.15. The zero-order valence-electron chi connectivity index (χ0n) is 9.60. The Hall–Kier alpha value is -1.90. The first-order chi connectivity index (χ1) is 8.70. The number of hydrogen-bond acceptors (Lipinski definition) is 4. The Morgan fingerprint density at radius 1 is 1.44 bits per heavy atom. The highest BCUT2D eigenvalue weighted by Gasteiger charge is 2.14. The monoisotopic (exact) mass is 271 g/mol. The zero-order valence-corrected chi connectivity index (χ0v) is 11.2. The Labute approximate surface area is 112 Å². The third-order valence-corrected chi connectivity index (χ3v) is 4.75. The summed E-state index contributed by atoms with van der Waals surface area (Å²) in [5.74, 6) is 0. The van der Waals surface area contributed by atoms with Crippen LogP contribution in [-0.4, -0.2) is 4.98 Å². The second-order valence-corrected chi connectivity index (χ2v) is 5.82. The molecular formula is C13H9N3S2. The third kappa shape index (κ3) is 1.58. The molecule has 0 radical (unpaired) electrons. The van der Waals surface area contributed by atoms with Crippen molar-refractivity contribution in [2.24, 2.45) is 0 Å². The topological polar surface area (TPSA) is 43.3 Å². The molecule has 3 nitrogen and oxygen atoms in total. The van der Waals surface area contributed by atoms with E-state index < -0.39 is 0 Å². The fourth-order valence-electron chi connectivity index (χ4n) is 1.92. The number of rotatable bonds is 1. The third-order valence-electron chi connectivity index (χ3n) is 2.78. The van der Waals surface area contributed by atoms with Crippen LogP contribution in [0.15, 0.2) is 23.6 Å². The second kappa shape index (κ2) is 4.09. The van der Waals surface area contributed by atoms with Gasteiger partial charge in [-0.25, -0.2) is 9.83 Å². The Kier molecular flexibility index (Phi) is 2.54. The van der Waals surface area contributed by atoms with Gasteiger partial charge in [0.1, 0.15) is 4.83 Å². The molecule has 0 amide bonds. The summed E-state index contributed by atoms with van der Waals surface area (Å²) in [6.07, 6.45) is 0. The number of pyridine rings is 1. The summed E-state index contributed by atoms with van der Waals surface area (Å²) in [6.45, 7) is 9.07. The number of aryl methyl sites for hydroxylation is 1. The largest absolute Gasteiger partial charge is 0.398 e. The van der Waals surface area contributed by atoms with Crippen molar-refractivity contribution in [1.29, 1.82) is 0 Å². The number of anilines is 1. The van der Waals surface area contributed by atoms with Gasteiger partial charge in [-0.15, -0.1) is 22.7 Å². The normalized spacial score (nSPS) is 10.7. The molecular weight excluding hydrogens is 262 g/mol. The van der Waals surface area contributed by atoms with Gasteiger partial charge in [0.05, 0.1) is 17.1 Å². The molecule has 0 saturated heterocycles. The molecule has 0 atom stereocenters. The highest BCUT2D eigenvalue weighted by Crippen LogP contribution is 2.40. The van der Waals surface area contributed by atoms with Crippen molar-refractivity contribution in [3.63, 3.8) is 0 Å². The molecule has 0 aliphatic heterocycles. The molecule has 18 heavy (non-hydrogen) atoms. The van der Waals surface area contributed by atoms with E-state index in [2.05, 4.69) is 9.83 Å². The minimum Gasteiger partial charge on any atom is -0.398 e. The molecule has 0 unspecified atom stereocenters. The molecule has 0 aromatic carbocycles. The van der Waals surface area contributed by atoms with Crippen molar-refractivity contribution < 1.29 is 0 Å². The first-order valence-electron chi connectivity index (χ1n) is 5.31. The number of hydrogen-bond donors (Lipinski definition) is 1. The van der Waals surface area contributed by atoms with Gasteiger partial charge in [-0.2, -0.15) is 0 Å². The highest BCUT2D eigenvalue weighted by atomic mass is 32.1. The first kappa shape index (κ1) is 11.2. The van der Waals surface area contributed by atoms with Gasteiger partial charge < -0.3 is 5.73 Å². The quantitative estimate of drug-likeness (QED) is 0.664. The minimum absolute atomic E-state index is 0.674. The number of nitrogens with zero attached hydrogens (tertiary/aromatic N) is 2. The van der Waals surface area contributed by atoms with Crippen molar-refractivity contribution in [3.8, 4) is 10.6 Å². The molecule has 0 fully saturated rings. The van der Waals surface area contributed by atoms with Crippen LogP contribution in [0, 0.1) is 13.5 Å². The average Bonchev–Trinajstić information content (AvgIpc) is 2.97. The minimum atomic E-state index is 0.674. The fourth-order valence-corrected chi connectivity index (χ4v) is 3.61. The summed E-state index contributed by atoms with van der Waals surface area (Å²) in [6, 6.07) is 5.91. The molecule has 3 aromatic heterocycles. The van der Waals surface area contributed by atoms with Crippen molar-refractivity contribution >= 4 is 43.6 Å². The predicted molar refractivity (Wildman–Crippen MR) is 78.3 cm³/mol. The van der Waals surface area contributed by atoms with Crippen LogP contribution in [0.4, 0.5) is 10.7 Å². The lowest BCUT2D eigenvalue weighted by atomic mass is 10.1. The maximum Gasteiger partial charge on any atom is 0.246 e. The van der Waals surface area contributed by atoms with Crippen molar-refractivity contribution in [2.75, 3.05) is 5.73 Å². The summed E-state index contributed by atoms with van der Waals surface area (Å²) in [4.78, 5) is 10.1. The average molecular weight is 271 g/mol. The molecule has 0 bridgehead atoms. The summed E-state index contributed by atoms with van der Waals surface area (Å²) in [5.41, 5.74) is 8.62. The summed E-state index contributed by atoms with van der Waals surface area (Å²) in [5, 5.41) is 3.61. The van der Waals surface area contributed by atoms with Gasteiger partial charge in [0.15, 0.2) is 0 Å². The molecule has 3 heterocycles. The van der Waals surface area contributed by atoms with Gasteiger partial charge in [-0.1, -0.05) is 6.07 Å². The number of nitrogens with two attached hydrogens (primary N) is 1. The van der Waals surface area contributed by atoms with Crippen molar-refractivity contribution in [1.82, 2.24) is 4.98 Å². The van der Waals surface area contributed by atoms with Crippen LogP contribution >= 0.6 is 22.7 Å². The van der Waals surface area contributed by atoms with Crippen LogP contribution in [0.2, 0.25) is 0 Å². The Morgan fingerprint density at radius 2 is 2.28 bits per heavy atom. The van der Waals surface area contributed by atoms with Gasteiger partial charge in [-0.3, -0.25) is 0 Å². The summed E-state index contributed by atoms with van der Waals surface area (Å²) >= 11 is 3.04. The molecule has 0 saturated carbocycles. The van der Waals surface area contributed by atoms with E-state index >= 15 is 0 Å². The van der Waals surface area contributed by atoms with E-state index in [1.54, 1.807) is 11.3 Å². The van der Waals surface area contributed by atoms with Crippen LogP contribution in [0.3, 0.4) is 0 Å². The smallest absolute Gasteiger partial charge is 0.246 e. The Bertz CT molecular complexity index is 764. The first-order valence-corrected chi connectivity index (χ1v) is 7.01. The van der Waals surface area contributed by atoms with E-state index in [4.69, 9.17) is 12.3 Å². The van der Waals surface area contributed by atoms with E-state index in [9.17, 15) is 0 Å². The van der Waals surface area contributed by atoms with E-state index in [0.29, 0.717) is 10.7 Å².